The molecular formula is C10H21ClNaO7P. The van der Waals surface area contributed by atoms with Gasteiger partial charge in [-0.05, 0) is 41.5 Å². The maximum atomic E-state index is 12.1. The molecule has 0 saturated carbocycles. The fourth-order valence-corrected chi connectivity index (χ4v) is 2.76. The van der Waals surface area contributed by atoms with Gasteiger partial charge in [0.15, 0.2) is 0 Å². The third-order valence-corrected chi connectivity index (χ3v) is 3.23. The van der Waals surface area contributed by atoms with Gasteiger partial charge in [-0.2, -0.15) is 0 Å². The van der Waals surface area contributed by atoms with E-state index in [0.29, 0.717) is 0 Å². The first-order chi connectivity index (χ1) is 8.21. The molecule has 0 atom stereocenters. The molecule has 0 spiro atoms. The summed E-state index contributed by atoms with van der Waals surface area (Å²) in [6, 6.07) is -0.233. The van der Waals surface area contributed by atoms with Crippen LogP contribution in [0.3, 0.4) is 0 Å². The smallest absolute Gasteiger partial charge is 0.565 e. The van der Waals surface area contributed by atoms with Gasteiger partial charge in [-0.1, -0.05) is 11.6 Å². The molecule has 0 heterocycles. The van der Waals surface area contributed by atoms with Crippen LogP contribution in [0.15, 0.2) is 0 Å². The predicted molar refractivity (Wildman–Crippen MR) is 69.1 cm³/mol. The maximum Gasteiger partial charge on any atom is 1.00 e. The first kappa shape index (κ1) is 25.6. The molecule has 0 aliphatic rings. The van der Waals surface area contributed by atoms with Gasteiger partial charge >= 0.3 is 37.4 Å². The summed E-state index contributed by atoms with van der Waals surface area (Å²) in [6.45, 7) is 10.6. The molecule has 1 N–H and O–H groups in total. The van der Waals surface area contributed by atoms with Crippen LogP contribution in [-0.2, 0) is 18.1 Å². The number of alkyl halides is 1. The summed E-state index contributed by atoms with van der Waals surface area (Å²) in [4.78, 5) is 8.44. The number of carbonyl (C=O) groups is 1. The van der Waals surface area contributed by atoms with Crippen LogP contribution in [0, 0.1) is 0 Å². The molecule has 0 rings (SSSR count). The monoisotopic (exact) mass is 342 g/mol. The van der Waals surface area contributed by atoms with Gasteiger partial charge < -0.3 is 15.0 Å². The Morgan fingerprint density at radius 2 is 1.40 bits per heavy atom. The minimum Gasteiger partial charge on any atom is -0.565 e. The molecular weight excluding hydrogens is 322 g/mol. The minimum atomic E-state index is -3.59. The molecule has 0 aromatic rings. The quantitative estimate of drug-likeness (QED) is 0.429. The van der Waals surface area contributed by atoms with Crippen molar-refractivity contribution < 1.29 is 62.7 Å². The van der Waals surface area contributed by atoms with E-state index in [1.807, 2.05) is 0 Å². The molecule has 0 radical (unpaired) electrons. The van der Waals surface area contributed by atoms with E-state index in [0.717, 1.165) is 0 Å². The van der Waals surface area contributed by atoms with E-state index < -0.39 is 25.2 Å². The molecule has 0 aromatic heterocycles. The zero-order valence-electron chi connectivity index (χ0n) is 12.9. The topological polar surface area (TPSA) is 105 Å². The van der Waals surface area contributed by atoms with Gasteiger partial charge in [0.05, 0.1) is 11.2 Å². The fraction of sp³-hybridized carbons (Fsp3) is 0.900. The minimum absolute atomic E-state index is 0. The zero-order chi connectivity index (χ0) is 15.9. The van der Waals surface area contributed by atoms with Crippen LogP contribution < -0.4 is 34.7 Å². The molecule has 0 fully saturated rings. The second-order valence-electron chi connectivity index (χ2n) is 5.36. The Labute approximate surface area is 146 Å². The Hall–Kier alpha value is 0.670. The molecule has 0 aliphatic heterocycles. The summed E-state index contributed by atoms with van der Waals surface area (Å²) >= 11 is 5.39. The third kappa shape index (κ3) is 21.0. The second kappa shape index (κ2) is 10.4. The number of phosphoric ester groups is 1. The van der Waals surface area contributed by atoms with E-state index in [1.165, 1.54) is 0 Å². The predicted octanol–water partition coefficient (Wildman–Crippen LogP) is -0.171. The third-order valence-electron chi connectivity index (χ3n) is 0.978. The molecule has 0 unspecified atom stereocenters. The van der Waals surface area contributed by atoms with E-state index in [1.54, 1.807) is 41.5 Å². The molecule has 0 aromatic carbocycles. The van der Waals surface area contributed by atoms with E-state index in [-0.39, 0.29) is 35.6 Å². The van der Waals surface area contributed by atoms with Crippen molar-refractivity contribution in [3.05, 3.63) is 0 Å². The van der Waals surface area contributed by atoms with Crippen molar-refractivity contribution in [1.82, 2.24) is 0 Å². The summed E-state index contributed by atoms with van der Waals surface area (Å²) < 4.78 is 27.5. The van der Waals surface area contributed by atoms with Crippen molar-refractivity contribution in [3.63, 3.8) is 0 Å². The van der Waals surface area contributed by atoms with Gasteiger partial charge in [0.2, 0.25) is 6.16 Å². The Kier molecular flexibility index (Phi) is 13.3. The molecule has 0 amide bonds. The summed E-state index contributed by atoms with van der Waals surface area (Å²) in [5.74, 6) is 0. The Morgan fingerprint density at radius 3 is 1.55 bits per heavy atom. The van der Waals surface area contributed by atoms with Crippen molar-refractivity contribution in [2.75, 3.05) is 6.07 Å². The summed E-state index contributed by atoms with van der Waals surface area (Å²) in [6.07, 6.45) is -2.08. The van der Waals surface area contributed by atoms with Gasteiger partial charge in [0, 0.05) is 0 Å². The second-order valence-corrected chi connectivity index (χ2v) is 7.09. The number of rotatable bonds is 4. The van der Waals surface area contributed by atoms with E-state index in [9.17, 15) is 4.57 Å². The van der Waals surface area contributed by atoms with Crippen LogP contribution in [0.2, 0.25) is 0 Å². The number of phosphoric acid groups is 1. The SMILES string of the molecule is CC(C)(C)OP(=O)(OCCl)OC(C)(C)C.O=C([O-])O.[Na+]. The molecule has 116 valence electrons. The van der Waals surface area contributed by atoms with Crippen molar-refractivity contribution in [2.45, 2.75) is 52.7 Å². The molecule has 0 bridgehead atoms. The van der Waals surface area contributed by atoms with E-state index in [2.05, 4.69) is 0 Å². The Morgan fingerprint density at radius 1 is 1.15 bits per heavy atom. The van der Waals surface area contributed by atoms with Gasteiger partial charge in [0.25, 0.3) is 0 Å². The number of halogens is 1. The van der Waals surface area contributed by atoms with E-state index in [4.69, 9.17) is 40.2 Å². The maximum absolute atomic E-state index is 12.1. The summed E-state index contributed by atoms with van der Waals surface area (Å²) in [7, 11) is -3.59. The molecule has 10 heteroatoms. The Balaban J connectivity index is -0.000000508. The first-order valence-corrected chi connectivity index (χ1v) is 7.32. The standard InChI is InChI=1S/C9H20ClO4P.CH2O3.Na/c1-8(2,3)13-15(11,12-7-10)14-9(4,5)6;2-1(3)4;/h7H2,1-6H3;(H2,2,3,4);/q;;+1/p-1. The number of hydrogen-bond donors (Lipinski definition) is 1. The number of hydrogen-bond acceptors (Lipinski definition) is 6. The first-order valence-electron chi connectivity index (χ1n) is 5.33. The van der Waals surface area contributed by atoms with Crippen molar-refractivity contribution in [1.29, 1.82) is 0 Å². The van der Waals surface area contributed by atoms with Crippen LogP contribution in [0.1, 0.15) is 41.5 Å². The van der Waals surface area contributed by atoms with Gasteiger partial charge in [0.1, 0.15) is 6.07 Å². The van der Waals surface area contributed by atoms with Gasteiger partial charge in [-0.3, -0.25) is 13.6 Å². The van der Waals surface area contributed by atoms with Crippen LogP contribution >= 0.6 is 19.4 Å². The van der Waals surface area contributed by atoms with Crippen molar-refractivity contribution in [3.8, 4) is 0 Å². The van der Waals surface area contributed by atoms with Crippen LogP contribution in [0.25, 0.3) is 0 Å². The van der Waals surface area contributed by atoms with Crippen molar-refractivity contribution in [2.24, 2.45) is 0 Å². The van der Waals surface area contributed by atoms with Gasteiger partial charge in [-0.25, -0.2) is 4.57 Å². The normalized spacial score (nSPS) is 11.9. The molecule has 20 heavy (non-hydrogen) atoms. The summed E-state index contributed by atoms with van der Waals surface area (Å²) in [5.41, 5.74) is -1.24. The molecule has 0 saturated heterocycles. The Bertz CT molecular complexity index is 301. The average molecular weight is 343 g/mol. The fourth-order valence-electron chi connectivity index (χ4n) is 0.802. The largest absolute Gasteiger partial charge is 1.00 e. The van der Waals surface area contributed by atoms with Crippen LogP contribution in [-0.4, -0.2) is 28.5 Å². The van der Waals surface area contributed by atoms with E-state index >= 15 is 0 Å². The van der Waals surface area contributed by atoms with Crippen molar-refractivity contribution >= 4 is 25.6 Å². The molecule has 7 nitrogen and oxygen atoms in total. The number of carboxylic acid groups (broad SMARTS) is 2. The van der Waals surface area contributed by atoms with Crippen LogP contribution in [0.4, 0.5) is 4.79 Å². The average Bonchev–Trinajstić information content (AvgIpc) is 1.92. The molecule has 0 aliphatic carbocycles. The zero-order valence-corrected chi connectivity index (χ0v) is 16.6. The van der Waals surface area contributed by atoms with Gasteiger partial charge in [-0.15, -0.1) is 0 Å². The summed E-state index contributed by atoms with van der Waals surface area (Å²) in [5, 5.41) is 15.3. The van der Waals surface area contributed by atoms with Crippen LogP contribution in [0.5, 0.6) is 0 Å².